The maximum Gasteiger partial charge on any atom is 0.120 e. The summed E-state index contributed by atoms with van der Waals surface area (Å²) in [5.74, 6) is 0.812. The predicted molar refractivity (Wildman–Crippen MR) is 102 cm³/mol. The van der Waals surface area contributed by atoms with Crippen molar-refractivity contribution in [1.82, 2.24) is 10.3 Å². The second-order valence-corrected chi connectivity index (χ2v) is 6.48. The number of rotatable bonds is 7. The molecule has 3 rings (SSSR count). The summed E-state index contributed by atoms with van der Waals surface area (Å²) < 4.78 is 5.85. The van der Waals surface area contributed by atoms with E-state index in [9.17, 15) is 0 Å². The summed E-state index contributed by atoms with van der Waals surface area (Å²) in [6.45, 7) is 1.94. The monoisotopic (exact) mass is 372 g/mol. The van der Waals surface area contributed by atoms with Crippen molar-refractivity contribution in [2.45, 2.75) is 19.7 Å². The smallest absolute Gasteiger partial charge is 0.120 e. The van der Waals surface area contributed by atoms with E-state index in [1.165, 1.54) is 0 Å². The number of hydrogen-bond donors (Lipinski definition) is 1. The molecule has 0 aliphatic rings. The molecule has 3 aromatic rings. The van der Waals surface area contributed by atoms with Crippen molar-refractivity contribution in [3.63, 3.8) is 0 Å². The van der Waals surface area contributed by atoms with Crippen LogP contribution >= 0.6 is 23.2 Å². The van der Waals surface area contributed by atoms with E-state index in [4.69, 9.17) is 27.9 Å². The SMILES string of the molecule is Clc1ccc(COc2cccc(CNCc3cccnc3)c2)c(Cl)c1. The molecular weight excluding hydrogens is 355 g/mol. The number of nitrogens with zero attached hydrogens (tertiary/aromatic N) is 1. The van der Waals surface area contributed by atoms with Crippen LogP contribution in [-0.2, 0) is 19.7 Å². The summed E-state index contributed by atoms with van der Waals surface area (Å²) in [6.07, 6.45) is 3.64. The van der Waals surface area contributed by atoms with E-state index in [1.807, 2.05) is 42.6 Å². The number of halogens is 2. The van der Waals surface area contributed by atoms with Crippen molar-refractivity contribution >= 4 is 23.2 Å². The Hall–Kier alpha value is -2.07. The summed E-state index contributed by atoms with van der Waals surface area (Å²) in [5.41, 5.74) is 3.22. The van der Waals surface area contributed by atoms with Gasteiger partial charge < -0.3 is 10.1 Å². The van der Waals surface area contributed by atoms with Gasteiger partial charge in [0.15, 0.2) is 0 Å². The molecule has 1 N–H and O–H groups in total. The van der Waals surface area contributed by atoms with Gasteiger partial charge in [-0.3, -0.25) is 4.98 Å². The molecule has 0 atom stereocenters. The summed E-state index contributed by atoms with van der Waals surface area (Å²) in [4.78, 5) is 4.11. The third-order valence-corrected chi connectivity index (χ3v) is 4.28. The molecule has 1 heterocycles. The number of aromatic nitrogens is 1. The van der Waals surface area contributed by atoms with Crippen LogP contribution in [-0.4, -0.2) is 4.98 Å². The number of hydrogen-bond acceptors (Lipinski definition) is 3. The number of pyridine rings is 1. The maximum absolute atomic E-state index is 6.17. The summed E-state index contributed by atoms with van der Waals surface area (Å²) in [6, 6.07) is 17.4. The minimum Gasteiger partial charge on any atom is -0.489 e. The molecule has 0 radical (unpaired) electrons. The Labute approximate surface area is 157 Å². The molecular formula is C20H18Cl2N2O. The highest BCUT2D eigenvalue weighted by molar-refractivity contribution is 6.35. The lowest BCUT2D eigenvalue weighted by Gasteiger charge is -2.10. The normalized spacial score (nSPS) is 10.6. The lowest BCUT2D eigenvalue weighted by molar-refractivity contribution is 0.306. The minimum atomic E-state index is 0.405. The zero-order chi connectivity index (χ0) is 17.5. The quantitative estimate of drug-likeness (QED) is 0.614. The molecule has 0 amide bonds. The third-order valence-electron chi connectivity index (χ3n) is 3.69. The lowest BCUT2D eigenvalue weighted by Crippen LogP contribution is -2.12. The minimum absolute atomic E-state index is 0.405. The molecule has 3 nitrogen and oxygen atoms in total. The number of ether oxygens (including phenoxy) is 1. The Morgan fingerprint density at radius 3 is 2.56 bits per heavy atom. The third kappa shape index (κ3) is 5.46. The molecule has 0 fully saturated rings. The van der Waals surface area contributed by atoms with Gasteiger partial charge in [-0.05, 0) is 41.5 Å². The van der Waals surface area contributed by atoms with Crippen LogP contribution in [0.4, 0.5) is 0 Å². The van der Waals surface area contributed by atoms with Crippen LogP contribution in [0.5, 0.6) is 5.75 Å². The first-order valence-corrected chi connectivity index (χ1v) is 8.71. The van der Waals surface area contributed by atoms with E-state index in [-0.39, 0.29) is 0 Å². The van der Waals surface area contributed by atoms with Crippen molar-refractivity contribution < 1.29 is 4.74 Å². The highest BCUT2D eigenvalue weighted by Crippen LogP contribution is 2.23. The number of benzene rings is 2. The highest BCUT2D eigenvalue weighted by atomic mass is 35.5. The first-order chi connectivity index (χ1) is 12.2. The summed E-state index contributed by atoms with van der Waals surface area (Å²) in [5, 5.41) is 4.64. The maximum atomic E-state index is 6.17. The summed E-state index contributed by atoms with van der Waals surface area (Å²) >= 11 is 12.1. The molecule has 5 heteroatoms. The van der Waals surface area contributed by atoms with E-state index in [0.29, 0.717) is 16.7 Å². The number of nitrogens with one attached hydrogen (secondary N) is 1. The molecule has 25 heavy (non-hydrogen) atoms. The van der Waals surface area contributed by atoms with Gasteiger partial charge in [0.2, 0.25) is 0 Å². The van der Waals surface area contributed by atoms with E-state index < -0.39 is 0 Å². The van der Waals surface area contributed by atoms with Crippen molar-refractivity contribution in [3.05, 3.63) is 93.7 Å². The van der Waals surface area contributed by atoms with E-state index in [1.54, 1.807) is 12.3 Å². The van der Waals surface area contributed by atoms with Gasteiger partial charge in [-0.15, -0.1) is 0 Å². The predicted octanol–water partition coefficient (Wildman–Crippen LogP) is 5.26. The average molecular weight is 373 g/mol. The van der Waals surface area contributed by atoms with Crippen LogP contribution in [0.25, 0.3) is 0 Å². The van der Waals surface area contributed by atoms with Crippen molar-refractivity contribution in [2.24, 2.45) is 0 Å². The molecule has 0 unspecified atom stereocenters. The van der Waals surface area contributed by atoms with Gasteiger partial charge in [0.25, 0.3) is 0 Å². The highest BCUT2D eigenvalue weighted by Gasteiger charge is 2.03. The Morgan fingerprint density at radius 2 is 1.76 bits per heavy atom. The molecule has 1 aromatic heterocycles. The summed E-state index contributed by atoms with van der Waals surface area (Å²) in [7, 11) is 0. The van der Waals surface area contributed by atoms with Crippen LogP contribution in [0, 0.1) is 0 Å². The van der Waals surface area contributed by atoms with Crippen LogP contribution < -0.4 is 10.1 Å². The Kier molecular flexibility index (Phi) is 6.29. The first-order valence-electron chi connectivity index (χ1n) is 7.96. The average Bonchev–Trinajstić information content (AvgIpc) is 2.62. The Balaban J connectivity index is 1.54. The van der Waals surface area contributed by atoms with E-state index in [0.717, 1.165) is 35.5 Å². The van der Waals surface area contributed by atoms with Crippen molar-refractivity contribution in [2.75, 3.05) is 0 Å². The van der Waals surface area contributed by atoms with E-state index >= 15 is 0 Å². The second-order valence-electron chi connectivity index (χ2n) is 5.64. The molecule has 0 saturated heterocycles. The van der Waals surface area contributed by atoms with Gasteiger partial charge in [-0.1, -0.05) is 47.5 Å². The lowest BCUT2D eigenvalue weighted by atomic mass is 10.2. The zero-order valence-corrected chi connectivity index (χ0v) is 15.1. The van der Waals surface area contributed by atoms with Gasteiger partial charge in [-0.25, -0.2) is 0 Å². The van der Waals surface area contributed by atoms with Crippen molar-refractivity contribution in [1.29, 1.82) is 0 Å². The molecule has 0 spiro atoms. The fourth-order valence-electron chi connectivity index (χ4n) is 2.40. The van der Waals surface area contributed by atoms with Crippen LogP contribution in [0.1, 0.15) is 16.7 Å². The standard InChI is InChI=1S/C20H18Cl2N2O/c21-18-7-6-17(20(22)10-18)14-25-19-5-1-3-15(9-19)11-24-13-16-4-2-8-23-12-16/h1-10,12,24H,11,13-14H2. The first kappa shape index (κ1) is 17.7. The largest absolute Gasteiger partial charge is 0.489 e. The van der Waals surface area contributed by atoms with Gasteiger partial charge in [0.05, 0.1) is 0 Å². The van der Waals surface area contributed by atoms with Gasteiger partial charge >= 0.3 is 0 Å². The molecule has 0 aliphatic heterocycles. The van der Waals surface area contributed by atoms with Crippen LogP contribution in [0.15, 0.2) is 67.0 Å². The molecule has 128 valence electrons. The van der Waals surface area contributed by atoms with Crippen molar-refractivity contribution in [3.8, 4) is 5.75 Å². The fraction of sp³-hybridized carbons (Fsp3) is 0.150. The molecule has 2 aromatic carbocycles. The Morgan fingerprint density at radius 1 is 0.920 bits per heavy atom. The fourth-order valence-corrected chi connectivity index (χ4v) is 2.86. The molecule has 0 bridgehead atoms. The van der Waals surface area contributed by atoms with Gasteiger partial charge in [-0.2, -0.15) is 0 Å². The van der Waals surface area contributed by atoms with Gasteiger partial charge in [0, 0.05) is 41.1 Å². The topological polar surface area (TPSA) is 34.1 Å². The Bertz CT molecular complexity index is 825. The van der Waals surface area contributed by atoms with E-state index in [2.05, 4.69) is 22.4 Å². The second kappa shape index (κ2) is 8.86. The van der Waals surface area contributed by atoms with Gasteiger partial charge in [0.1, 0.15) is 12.4 Å². The van der Waals surface area contributed by atoms with Crippen LogP contribution in [0.3, 0.4) is 0 Å². The molecule has 0 saturated carbocycles. The van der Waals surface area contributed by atoms with Crippen LogP contribution in [0.2, 0.25) is 10.0 Å². The zero-order valence-electron chi connectivity index (χ0n) is 13.6. The molecule has 0 aliphatic carbocycles.